The Hall–Kier alpha value is -0.0800. The number of ether oxygens (including phenoxy) is 1. The third kappa shape index (κ3) is 6.75. The first kappa shape index (κ1) is 16.0. The fourth-order valence-corrected chi connectivity index (χ4v) is 2.56. The van der Waals surface area contributed by atoms with E-state index in [1.165, 1.54) is 64.3 Å². The molecule has 1 aliphatic rings. The summed E-state index contributed by atoms with van der Waals surface area (Å²) in [6.45, 7) is 6.74. The van der Waals surface area contributed by atoms with Crippen LogP contribution in [-0.2, 0) is 4.74 Å². The SMILES string of the molecule is CCCCCCCC(C)NCC1(CCOC)CC1. The van der Waals surface area contributed by atoms with Crippen molar-refractivity contribution in [3.8, 4) is 0 Å². The van der Waals surface area contributed by atoms with E-state index in [2.05, 4.69) is 19.2 Å². The van der Waals surface area contributed by atoms with Crippen molar-refractivity contribution in [1.82, 2.24) is 5.32 Å². The van der Waals surface area contributed by atoms with E-state index < -0.39 is 0 Å². The Kier molecular flexibility index (Phi) is 7.92. The average Bonchev–Trinajstić information content (AvgIpc) is 3.14. The Morgan fingerprint density at radius 3 is 2.50 bits per heavy atom. The molecular weight excluding hydrogens is 222 g/mol. The van der Waals surface area contributed by atoms with Gasteiger partial charge in [0.15, 0.2) is 0 Å². The molecular formula is C16H33NO. The molecule has 0 saturated heterocycles. The van der Waals surface area contributed by atoms with Crippen LogP contribution in [0.1, 0.15) is 71.6 Å². The molecule has 0 amide bonds. The highest BCUT2D eigenvalue weighted by molar-refractivity contribution is 4.95. The first-order chi connectivity index (χ1) is 8.72. The average molecular weight is 255 g/mol. The van der Waals surface area contributed by atoms with Crippen LogP contribution < -0.4 is 5.32 Å². The van der Waals surface area contributed by atoms with Crippen LogP contribution in [0.3, 0.4) is 0 Å². The first-order valence-electron chi connectivity index (χ1n) is 7.95. The Morgan fingerprint density at radius 2 is 1.89 bits per heavy atom. The van der Waals surface area contributed by atoms with Crippen molar-refractivity contribution in [3.05, 3.63) is 0 Å². The van der Waals surface area contributed by atoms with Crippen LogP contribution in [-0.4, -0.2) is 26.3 Å². The van der Waals surface area contributed by atoms with Crippen molar-refractivity contribution in [2.24, 2.45) is 5.41 Å². The summed E-state index contributed by atoms with van der Waals surface area (Å²) in [6, 6.07) is 0.687. The second-order valence-electron chi connectivity index (χ2n) is 6.23. The molecule has 108 valence electrons. The lowest BCUT2D eigenvalue weighted by atomic mass is 10.0. The summed E-state index contributed by atoms with van der Waals surface area (Å²) in [5.41, 5.74) is 0.590. The molecule has 2 heteroatoms. The van der Waals surface area contributed by atoms with Crippen LogP contribution in [0.5, 0.6) is 0 Å². The molecule has 0 aromatic carbocycles. The van der Waals surface area contributed by atoms with E-state index in [-0.39, 0.29) is 0 Å². The van der Waals surface area contributed by atoms with Crippen LogP contribution in [0, 0.1) is 5.41 Å². The molecule has 0 aromatic rings. The monoisotopic (exact) mass is 255 g/mol. The summed E-state index contributed by atoms with van der Waals surface area (Å²) in [5, 5.41) is 3.73. The van der Waals surface area contributed by atoms with Gasteiger partial charge in [0, 0.05) is 26.3 Å². The molecule has 0 aromatic heterocycles. The van der Waals surface area contributed by atoms with Gasteiger partial charge in [-0.2, -0.15) is 0 Å². The lowest BCUT2D eigenvalue weighted by Crippen LogP contribution is -2.32. The van der Waals surface area contributed by atoms with Crippen molar-refractivity contribution in [2.45, 2.75) is 77.7 Å². The lowest BCUT2D eigenvalue weighted by molar-refractivity contribution is 0.170. The number of unbranched alkanes of at least 4 members (excludes halogenated alkanes) is 4. The van der Waals surface area contributed by atoms with Gasteiger partial charge >= 0.3 is 0 Å². The van der Waals surface area contributed by atoms with Gasteiger partial charge in [0.05, 0.1) is 0 Å². The fourth-order valence-electron chi connectivity index (χ4n) is 2.56. The highest BCUT2D eigenvalue weighted by Crippen LogP contribution is 2.48. The molecule has 0 heterocycles. The predicted molar refractivity (Wildman–Crippen MR) is 79.0 cm³/mol. The molecule has 18 heavy (non-hydrogen) atoms. The Morgan fingerprint density at radius 1 is 1.17 bits per heavy atom. The van der Waals surface area contributed by atoms with Crippen LogP contribution >= 0.6 is 0 Å². The first-order valence-corrected chi connectivity index (χ1v) is 7.95. The van der Waals surface area contributed by atoms with Crippen LogP contribution in [0.4, 0.5) is 0 Å². The number of nitrogens with one attached hydrogen (secondary N) is 1. The summed E-state index contributed by atoms with van der Waals surface area (Å²) < 4.78 is 5.20. The highest BCUT2D eigenvalue weighted by atomic mass is 16.5. The van der Waals surface area contributed by atoms with Gasteiger partial charge in [-0.15, -0.1) is 0 Å². The maximum absolute atomic E-state index is 5.20. The zero-order chi connectivity index (χ0) is 13.3. The van der Waals surface area contributed by atoms with E-state index >= 15 is 0 Å². The second kappa shape index (κ2) is 8.92. The van der Waals surface area contributed by atoms with Gasteiger partial charge in [-0.3, -0.25) is 0 Å². The minimum absolute atomic E-state index is 0.590. The molecule has 1 unspecified atom stereocenters. The van der Waals surface area contributed by atoms with Gasteiger partial charge in [0.2, 0.25) is 0 Å². The van der Waals surface area contributed by atoms with Gasteiger partial charge in [-0.1, -0.05) is 39.0 Å². The zero-order valence-electron chi connectivity index (χ0n) is 12.8. The Balaban J connectivity index is 1.97. The van der Waals surface area contributed by atoms with Crippen LogP contribution in [0.2, 0.25) is 0 Å². The Bertz CT molecular complexity index is 201. The van der Waals surface area contributed by atoms with E-state index in [4.69, 9.17) is 4.74 Å². The Labute approximate surface area is 114 Å². The molecule has 2 nitrogen and oxygen atoms in total. The van der Waals surface area contributed by atoms with Crippen LogP contribution in [0.15, 0.2) is 0 Å². The van der Waals surface area contributed by atoms with Crippen molar-refractivity contribution >= 4 is 0 Å². The third-order valence-corrected chi connectivity index (χ3v) is 4.36. The van der Waals surface area contributed by atoms with Gasteiger partial charge < -0.3 is 10.1 Å². The minimum atomic E-state index is 0.590. The van der Waals surface area contributed by atoms with Gasteiger partial charge in [0.25, 0.3) is 0 Å². The number of hydrogen-bond donors (Lipinski definition) is 1. The number of hydrogen-bond acceptors (Lipinski definition) is 2. The minimum Gasteiger partial charge on any atom is -0.385 e. The molecule has 1 rings (SSSR count). The highest BCUT2D eigenvalue weighted by Gasteiger charge is 2.41. The van der Waals surface area contributed by atoms with Crippen molar-refractivity contribution in [3.63, 3.8) is 0 Å². The predicted octanol–water partition coefficient (Wildman–Crippen LogP) is 4.14. The summed E-state index contributed by atoms with van der Waals surface area (Å²) in [7, 11) is 1.81. The normalized spacial score (nSPS) is 18.8. The molecule has 0 radical (unpaired) electrons. The van der Waals surface area contributed by atoms with Crippen molar-refractivity contribution < 1.29 is 4.74 Å². The van der Waals surface area contributed by atoms with Gasteiger partial charge in [-0.05, 0) is 38.0 Å². The summed E-state index contributed by atoms with van der Waals surface area (Å²) >= 11 is 0. The summed E-state index contributed by atoms with van der Waals surface area (Å²) in [5.74, 6) is 0. The smallest absolute Gasteiger partial charge is 0.0468 e. The molecule has 1 saturated carbocycles. The lowest BCUT2D eigenvalue weighted by Gasteiger charge is -2.20. The largest absolute Gasteiger partial charge is 0.385 e. The van der Waals surface area contributed by atoms with E-state index in [1.807, 2.05) is 7.11 Å². The molecule has 1 N–H and O–H groups in total. The topological polar surface area (TPSA) is 21.3 Å². The summed E-state index contributed by atoms with van der Waals surface area (Å²) in [6.07, 6.45) is 12.3. The van der Waals surface area contributed by atoms with E-state index in [0.29, 0.717) is 11.5 Å². The van der Waals surface area contributed by atoms with E-state index in [0.717, 1.165) is 6.61 Å². The molecule has 1 aliphatic carbocycles. The van der Waals surface area contributed by atoms with Gasteiger partial charge in [-0.25, -0.2) is 0 Å². The molecule has 0 aliphatic heterocycles. The number of rotatable bonds is 12. The van der Waals surface area contributed by atoms with Crippen molar-refractivity contribution in [1.29, 1.82) is 0 Å². The quantitative estimate of drug-likeness (QED) is 0.529. The molecule has 1 atom stereocenters. The van der Waals surface area contributed by atoms with E-state index in [9.17, 15) is 0 Å². The van der Waals surface area contributed by atoms with Crippen molar-refractivity contribution in [2.75, 3.05) is 20.3 Å². The molecule has 0 bridgehead atoms. The third-order valence-electron chi connectivity index (χ3n) is 4.36. The van der Waals surface area contributed by atoms with Crippen LogP contribution in [0.25, 0.3) is 0 Å². The maximum Gasteiger partial charge on any atom is 0.0468 e. The van der Waals surface area contributed by atoms with E-state index in [1.54, 1.807) is 0 Å². The fraction of sp³-hybridized carbons (Fsp3) is 1.00. The zero-order valence-corrected chi connectivity index (χ0v) is 12.8. The summed E-state index contributed by atoms with van der Waals surface area (Å²) in [4.78, 5) is 0. The molecule has 0 spiro atoms. The standard InChI is InChI=1S/C16H33NO/c1-4-5-6-7-8-9-15(2)17-14-16(10-11-16)12-13-18-3/h15,17H,4-14H2,1-3H3. The maximum atomic E-state index is 5.20. The van der Waals surface area contributed by atoms with Gasteiger partial charge in [0.1, 0.15) is 0 Å². The molecule has 1 fully saturated rings. The second-order valence-corrected chi connectivity index (χ2v) is 6.23. The number of methoxy groups -OCH3 is 1.